The lowest BCUT2D eigenvalue weighted by Crippen LogP contribution is -2.31. The summed E-state index contributed by atoms with van der Waals surface area (Å²) in [6, 6.07) is 5.86. The number of hydrogen-bond acceptors (Lipinski definition) is 6. The number of aromatic nitrogens is 6. The molecule has 0 atom stereocenters. The number of H-pyrrole nitrogens is 1. The molecule has 10 heteroatoms. The molecule has 0 saturated heterocycles. The highest BCUT2D eigenvalue weighted by molar-refractivity contribution is 5.73. The van der Waals surface area contributed by atoms with Crippen LogP contribution in [0.5, 0.6) is 0 Å². The van der Waals surface area contributed by atoms with E-state index in [2.05, 4.69) is 30.4 Å². The maximum atomic E-state index is 13.4. The molecule has 164 valence electrons. The number of aromatic amines is 1. The minimum Gasteiger partial charge on any atom is -0.313 e. The highest BCUT2D eigenvalue weighted by Gasteiger charge is 2.31. The fraction of sp³-hybridized carbons (Fsp3) is 0.273. The van der Waals surface area contributed by atoms with Gasteiger partial charge in [0.25, 0.3) is 5.56 Å². The molecule has 1 amide bonds. The Morgan fingerprint density at radius 1 is 1.22 bits per heavy atom. The third-order valence-corrected chi connectivity index (χ3v) is 5.37. The van der Waals surface area contributed by atoms with Crippen LogP contribution in [0.15, 0.2) is 41.6 Å². The first-order valence-corrected chi connectivity index (χ1v) is 10.2. The second-order valence-electron chi connectivity index (χ2n) is 7.88. The predicted octanol–water partition coefficient (Wildman–Crippen LogP) is 2.86. The molecule has 4 aromatic rings. The van der Waals surface area contributed by atoms with Crippen LogP contribution in [0.3, 0.4) is 0 Å². The molecule has 0 radical (unpaired) electrons. The van der Waals surface area contributed by atoms with E-state index >= 15 is 0 Å². The number of aryl methyl sites for hydroxylation is 1. The Morgan fingerprint density at radius 3 is 2.66 bits per heavy atom. The molecule has 0 spiro atoms. The number of rotatable bonds is 7. The summed E-state index contributed by atoms with van der Waals surface area (Å²) < 4.78 is 15.0. The number of hydrogen-bond donors (Lipinski definition) is 2. The van der Waals surface area contributed by atoms with E-state index in [1.165, 1.54) is 18.5 Å². The molecule has 0 aliphatic carbocycles. The average Bonchev–Trinajstić information content (AvgIpc) is 3.23. The summed E-state index contributed by atoms with van der Waals surface area (Å²) in [6.07, 6.45) is 5.05. The Kier molecular flexibility index (Phi) is 5.52. The van der Waals surface area contributed by atoms with Crippen LogP contribution in [-0.2, 0) is 16.6 Å². The number of fused-ring (bicyclic) bond motifs is 1. The van der Waals surface area contributed by atoms with Gasteiger partial charge in [0.2, 0.25) is 6.41 Å². The zero-order valence-electron chi connectivity index (χ0n) is 17.9. The zero-order valence-corrected chi connectivity index (χ0v) is 17.9. The molecular formula is C22H22FN7O2. The van der Waals surface area contributed by atoms with Gasteiger partial charge in [0.05, 0.1) is 17.5 Å². The Morgan fingerprint density at radius 2 is 1.97 bits per heavy atom. The van der Waals surface area contributed by atoms with Crippen LogP contribution in [0, 0.1) is 5.82 Å². The summed E-state index contributed by atoms with van der Waals surface area (Å²) in [5.41, 5.74) is 1.39. The topological polar surface area (TPSA) is 118 Å². The smallest absolute Gasteiger partial charge is 0.257 e. The number of carbonyl (C=O) groups is 1. The number of nitrogens with one attached hydrogen (secondary N) is 2. The fourth-order valence-corrected chi connectivity index (χ4v) is 3.76. The third-order valence-electron chi connectivity index (χ3n) is 5.37. The van der Waals surface area contributed by atoms with E-state index in [9.17, 15) is 14.0 Å². The van der Waals surface area contributed by atoms with Crippen molar-refractivity contribution < 1.29 is 9.18 Å². The van der Waals surface area contributed by atoms with E-state index in [4.69, 9.17) is 0 Å². The van der Waals surface area contributed by atoms with Gasteiger partial charge in [-0.15, -0.1) is 0 Å². The van der Waals surface area contributed by atoms with Gasteiger partial charge >= 0.3 is 0 Å². The minimum absolute atomic E-state index is 0.102. The summed E-state index contributed by atoms with van der Waals surface area (Å²) in [5, 5.41) is 6.71. The first-order chi connectivity index (χ1) is 15.3. The van der Waals surface area contributed by atoms with E-state index < -0.39 is 11.0 Å². The lowest BCUT2D eigenvalue weighted by molar-refractivity contribution is -0.105. The van der Waals surface area contributed by atoms with E-state index in [0.717, 1.165) is 12.1 Å². The SMILES string of the molecule is CCCc1nc(-c2nc(NC=O)c(C(C)(C)c3ccc(F)cc3)c(=O)[nH]2)cn2ncnc12. The largest absolute Gasteiger partial charge is 0.313 e. The van der Waals surface area contributed by atoms with Crippen LogP contribution >= 0.6 is 0 Å². The maximum absolute atomic E-state index is 13.4. The van der Waals surface area contributed by atoms with Gasteiger partial charge in [-0.25, -0.2) is 23.9 Å². The highest BCUT2D eigenvalue weighted by Crippen LogP contribution is 2.33. The van der Waals surface area contributed by atoms with Crippen molar-refractivity contribution >= 4 is 17.9 Å². The van der Waals surface area contributed by atoms with Crippen LogP contribution in [0.1, 0.15) is 44.0 Å². The number of amides is 1. The first-order valence-electron chi connectivity index (χ1n) is 10.2. The molecule has 2 N–H and O–H groups in total. The minimum atomic E-state index is -0.866. The third kappa shape index (κ3) is 3.75. The second kappa shape index (κ2) is 8.29. The molecule has 0 bridgehead atoms. The molecule has 0 aliphatic heterocycles. The number of nitrogens with zero attached hydrogens (tertiary/aromatic N) is 5. The second-order valence-corrected chi connectivity index (χ2v) is 7.88. The summed E-state index contributed by atoms with van der Waals surface area (Å²) in [5.74, 6) is -0.0889. The van der Waals surface area contributed by atoms with Gasteiger partial charge in [-0.1, -0.05) is 39.3 Å². The maximum Gasteiger partial charge on any atom is 0.257 e. The number of carbonyl (C=O) groups excluding carboxylic acids is 1. The van der Waals surface area contributed by atoms with Crippen molar-refractivity contribution in [2.24, 2.45) is 0 Å². The normalized spacial score (nSPS) is 11.6. The van der Waals surface area contributed by atoms with Crippen molar-refractivity contribution in [3.63, 3.8) is 0 Å². The van der Waals surface area contributed by atoms with Crippen molar-refractivity contribution in [1.82, 2.24) is 29.5 Å². The van der Waals surface area contributed by atoms with E-state index in [1.54, 1.807) is 36.7 Å². The van der Waals surface area contributed by atoms with Crippen LogP contribution in [0.4, 0.5) is 10.2 Å². The fourth-order valence-electron chi connectivity index (χ4n) is 3.76. The van der Waals surface area contributed by atoms with Crippen LogP contribution in [-0.4, -0.2) is 36.0 Å². The Bertz CT molecular complexity index is 1340. The van der Waals surface area contributed by atoms with Crippen molar-refractivity contribution in [2.75, 3.05) is 5.32 Å². The lowest BCUT2D eigenvalue weighted by atomic mass is 9.78. The van der Waals surface area contributed by atoms with Gasteiger partial charge in [0, 0.05) is 5.41 Å². The molecule has 1 aromatic carbocycles. The molecule has 3 heterocycles. The van der Waals surface area contributed by atoms with Gasteiger partial charge in [-0.2, -0.15) is 5.10 Å². The molecule has 0 saturated carbocycles. The number of halogens is 1. The summed E-state index contributed by atoms with van der Waals surface area (Å²) in [7, 11) is 0. The molecule has 0 unspecified atom stereocenters. The van der Waals surface area contributed by atoms with Gasteiger partial charge in [0.1, 0.15) is 23.7 Å². The predicted molar refractivity (Wildman–Crippen MR) is 117 cm³/mol. The Hall–Kier alpha value is -3.95. The van der Waals surface area contributed by atoms with Crippen molar-refractivity contribution in [3.8, 4) is 11.5 Å². The van der Waals surface area contributed by atoms with E-state index in [0.29, 0.717) is 29.7 Å². The van der Waals surface area contributed by atoms with Crippen LogP contribution in [0.2, 0.25) is 0 Å². The summed E-state index contributed by atoms with van der Waals surface area (Å²) >= 11 is 0. The highest BCUT2D eigenvalue weighted by atomic mass is 19.1. The van der Waals surface area contributed by atoms with Crippen molar-refractivity contribution in [3.05, 3.63) is 69.8 Å². The molecule has 3 aromatic heterocycles. The number of anilines is 1. The summed E-state index contributed by atoms with van der Waals surface area (Å²) in [4.78, 5) is 40.7. The molecule has 0 fully saturated rings. The van der Waals surface area contributed by atoms with E-state index in [-0.39, 0.29) is 23.0 Å². The number of benzene rings is 1. The van der Waals surface area contributed by atoms with Gasteiger partial charge in [-0.05, 0) is 24.1 Å². The zero-order chi connectivity index (χ0) is 22.9. The Labute approximate surface area is 182 Å². The van der Waals surface area contributed by atoms with Crippen LogP contribution in [0.25, 0.3) is 17.2 Å². The standard InChI is InChI=1S/C22H22FN7O2/c1-4-5-15-20-24-11-26-30(20)10-16(27-15)18-28-19(25-12-31)17(21(32)29-18)22(2,3)13-6-8-14(23)9-7-13/h6-12H,4-5H2,1-3H3,(H2,25,28,29,31,32). The van der Waals surface area contributed by atoms with Crippen molar-refractivity contribution in [2.45, 2.75) is 39.0 Å². The Balaban J connectivity index is 1.89. The molecule has 4 rings (SSSR count). The molecular weight excluding hydrogens is 413 g/mol. The van der Waals surface area contributed by atoms with Gasteiger partial charge in [0.15, 0.2) is 11.5 Å². The average molecular weight is 435 g/mol. The molecule has 9 nitrogen and oxygen atoms in total. The van der Waals surface area contributed by atoms with Gasteiger partial charge in [-0.3, -0.25) is 9.59 Å². The van der Waals surface area contributed by atoms with Crippen LogP contribution < -0.4 is 10.9 Å². The summed E-state index contributed by atoms with van der Waals surface area (Å²) in [6.45, 7) is 5.64. The molecule has 32 heavy (non-hydrogen) atoms. The first kappa shape index (κ1) is 21.3. The van der Waals surface area contributed by atoms with Crippen molar-refractivity contribution in [1.29, 1.82) is 0 Å². The monoisotopic (exact) mass is 435 g/mol. The lowest BCUT2D eigenvalue weighted by Gasteiger charge is -2.26. The molecule has 0 aliphatic rings. The van der Waals surface area contributed by atoms with E-state index in [1.807, 2.05) is 6.92 Å². The van der Waals surface area contributed by atoms with Gasteiger partial charge < -0.3 is 10.3 Å². The quantitative estimate of drug-likeness (QED) is 0.431.